The molecule has 1 unspecified atom stereocenters. The molecule has 2 N–H and O–H groups in total. The van der Waals surface area contributed by atoms with Crippen LogP contribution >= 0.6 is 0 Å². The molecule has 1 aromatic rings. The van der Waals surface area contributed by atoms with Gasteiger partial charge in [0, 0.05) is 0 Å². The number of amides is 1. The van der Waals surface area contributed by atoms with E-state index < -0.39 is 29.8 Å². The van der Waals surface area contributed by atoms with E-state index in [0.29, 0.717) is 0 Å². The minimum atomic E-state index is -1.18. The summed E-state index contributed by atoms with van der Waals surface area (Å²) in [7, 11) is 0. The van der Waals surface area contributed by atoms with E-state index in [1.54, 1.807) is 6.92 Å². The van der Waals surface area contributed by atoms with Crippen molar-refractivity contribution in [1.82, 2.24) is 5.32 Å². The van der Waals surface area contributed by atoms with Crippen LogP contribution in [0.4, 0.5) is 4.79 Å². The van der Waals surface area contributed by atoms with Crippen LogP contribution in [-0.2, 0) is 20.9 Å². The Labute approximate surface area is 130 Å². The maximum Gasteiger partial charge on any atom is 0.408 e. The summed E-state index contributed by atoms with van der Waals surface area (Å²) in [6, 6.07) is 7.96. The van der Waals surface area contributed by atoms with Crippen LogP contribution in [0.3, 0.4) is 0 Å². The van der Waals surface area contributed by atoms with Crippen molar-refractivity contribution in [2.45, 2.75) is 52.0 Å². The van der Waals surface area contributed by atoms with E-state index in [2.05, 4.69) is 5.32 Å². The lowest BCUT2D eigenvalue weighted by atomic mass is 10.1. The maximum atomic E-state index is 11.7. The first-order valence-electron chi connectivity index (χ1n) is 7.07. The van der Waals surface area contributed by atoms with E-state index in [0.717, 1.165) is 5.56 Å². The molecule has 122 valence electrons. The second-order valence-electron chi connectivity index (χ2n) is 5.96. The number of hydrogen-bond donors (Lipinski definition) is 2. The molecule has 0 saturated heterocycles. The Morgan fingerprint density at radius 2 is 1.82 bits per heavy atom. The summed E-state index contributed by atoms with van der Waals surface area (Å²) >= 11 is 0. The zero-order valence-electron chi connectivity index (χ0n) is 13.3. The summed E-state index contributed by atoms with van der Waals surface area (Å²) in [5.41, 5.74) is 0.312. The first kappa shape index (κ1) is 18.0. The smallest absolute Gasteiger partial charge is 0.408 e. The molecule has 1 aromatic carbocycles. The number of carbonyl (C=O) groups is 2. The van der Waals surface area contributed by atoms with Crippen LogP contribution in [0.25, 0.3) is 0 Å². The lowest BCUT2D eigenvalue weighted by Crippen LogP contribution is -2.50. The topological polar surface area (TPSA) is 84.9 Å². The van der Waals surface area contributed by atoms with Crippen molar-refractivity contribution in [2.75, 3.05) is 0 Å². The highest BCUT2D eigenvalue weighted by molar-refractivity contribution is 5.80. The average Bonchev–Trinajstić information content (AvgIpc) is 2.41. The molecule has 0 bridgehead atoms. The Bertz CT molecular complexity index is 495. The Kier molecular flexibility index (Phi) is 6.37. The van der Waals surface area contributed by atoms with Crippen molar-refractivity contribution in [2.24, 2.45) is 0 Å². The molecule has 6 heteroatoms. The Balaban J connectivity index is 2.55. The first-order chi connectivity index (χ1) is 10.2. The maximum absolute atomic E-state index is 11.7. The average molecular weight is 309 g/mol. The van der Waals surface area contributed by atoms with E-state index in [-0.39, 0.29) is 6.61 Å². The number of carbonyl (C=O) groups excluding carboxylic acids is 1. The molecule has 6 nitrogen and oxygen atoms in total. The third-order valence-electron chi connectivity index (χ3n) is 2.76. The van der Waals surface area contributed by atoms with Crippen LogP contribution in [0.2, 0.25) is 0 Å². The van der Waals surface area contributed by atoms with Gasteiger partial charge in [-0.2, -0.15) is 0 Å². The fourth-order valence-electron chi connectivity index (χ4n) is 1.90. The van der Waals surface area contributed by atoms with E-state index in [9.17, 15) is 14.7 Å². The number of hydrogen-bond acceptors (Lipinski definition) is 4. The number of ether oxygens (including phenoxy) is 2. The van der Waals surface area contributed by atoms with Crippen molar-refractivity contribution in [3.63, 3.8) is 0 Å². The van der Waals surface area contributed by atoms with Gasteiger partial charge in [0.25, 0.3) is 0 Å². The molecule has 0 saturated carbocycles. The Morgan fingerprint density at radius 3 is 2.32 bits per heavy atom. The SMILES string of the molecule is C[C@@H](OC(C)(C)C)C(NC(=O)OCc1ccccc1)C(=O)O. The van der Waals surface area contributed by atoms with Gasteiger partial charge >= 0.3 is 12.1 Å². The van der Waals surface area contributed by atoms with Crippen molar-refractivity contribution >= 4 is 12.1 Å². The molecule has 1 amide bonds. The number of carboxylic acid groups (broad SMARTS) is 1. The van der Waals surface area contributed by atoms with Gasteiger partial charge in [-0.1, -0.05) is 30.3 Å². The van der Waals surface area contributed by atoms with Crippen molar-refractivity contribution in [3.05, 3.63) is 35.9 Å². The molecule has 0 aliphatic carbocycles. The normalized spacial score (nSPS) is 14.0. The Morgan fingerprint density at radius 1 is 1.23 bits per heavy atom. The lowest BCUT2D eigenvalue weighted by molar-refractivity contribution is -0.147. The molecule has 22 heavy (non-hydrogen) atoms. The summed E-state index contributed by atoms with van der Waals surface area (Å²) < 4.78 is 10.6. The van der Waals surface area contributed by atoms with Gasteiger partial charge in [0.2, 0.25) is 0 Å². The highest BCUT2D eigenvalue weighted by Crippen LogP contribution is 2.13. The van der Waals surface area contributed by atoms with E-state index in [1.807, 2.05) is 51.1 Å². The molecule has 0 aliphatic rings. The molecule has 0 radical (unpaired) electrons. The predicted octanol–water partition coefficient (Wildman–Crippen LogP) is 2.57. The molecule has 0 aromatic heterocycles. The number of nitrogens with one attached hydrogen (secondary N) is 1. The number of benzene rings is 1. The molecule has 0 spiro atoms. The third-order valence-corrected chi connectivity index (χ3v) is 2.76. The summed E-state index contributed by atoms with van der Waals surface area (Å²) in [5.74, 6) is -1.17. The van der Waals surface area contributed by atoms with Crippen LogP contribution in [-0.4, -0.2) is 34.9 Å². The van der Waals surface area contributed by atoms with Crippen LogP contribution in [0.5, 0.6) is 0 Å². The quantitative estimate of drug-likeness (QED) is 0.843. The fourth-order valence-corrected chi connectivity index (χ4v) is 1.90. The molecular formula is C16H23NO5. The minimum absolute atomic E-state index is 0.0769. The van der Waals surface area contributed by atoms with E-state index in [4.69, 9.17) is 9.47 Å². The number of alkyl carbamates (subject to hydrolysis) is 1. The van der Waals surface area contributed by atoms with E-state index >= 15 is 0 Å². The van der Waals surface area contributed by atoms with Crippen molar-refractivity contribution < 1.29 is 24.2 Å². The fraction of sp³-hybridized carbons (Fsp3) is 0.500. The number of rotatable bonds is 6. The summed E-state index contributed by atoms with van der Waals surface area (Å²) in [5, 5.41) is 11.5. The van der Waals surface area contributed by atoms with Gasteiger partial charge in [0.15, 0.2) is 6.04 Å². The van der Waals surface area contributed by atoms with Crippen LogP contribution in [0, 0.1) is 0 Å². The van der Waals surface area contributed by atoms with E-state index in [1.165, 1.54) is 0 Å². The zero-order chi connectivity index (χ0) is 16.8. The summed E-state index contributed by atoms with van der Waals surface area (Å²) in [6.45, 7) is 7.12. The largest absolute Gasteiger partial charge is 0.480 e. The molecule has 1 rings (SSSR count). The predicted molar refractivity (Wildman–Crippen MR) is 81.5 cm³/mol. The molecule has 0 heterocycles. The second kappa shape index (κ2) is 7.79. The molecule has 0 fully saturated rings. The number of carboxylic acids is 1. The monoisotopic (exact) mass is 309 g/mol. The lowest BCUT2D eigenvalue weighted by Gasteiger charge is -2.29. The third kappa shape index (κ3) is 6.58. The van der Waals surface area contributed by atoms with Crippen LogP contribution < -0.4 is 5.32 Å². The van der Waals surface area contributed by atoms with Gasteiger partial charge in [0.05, 0.1) is 11.7 Å². The Hall–Kier alpha value is -2.08. The van der Waals surface area contributed by atoms with Crippen LogP contribution in [0.1, 0.15) is 33.3 Å². The molecule has 2 atom stereocenters. The van der Waals surface area contributed by atoms with Crippen molar-refractivity contribution in [3.8, 4) is 0 Å². The van der Waals surface area contributed by atoms with Crippen LogP contribution in [0.15, 0.2) is 30.3 Å². The number of aliphatic carboxylic acids is 1. The molecule has 0 aliphatic heterocycles. The van der Waals surface area contributed by atoms with Gasteiger partial charge < -0.3 is 19.9 Å². The van der Waals surface area contributed by atoms with Gasteiger partial charge in [0.1, 0.15) is 6.61 Å². The summed E-state index contributed by atoms with van der Waals surface area (Å²) in [4.78, 5) is 23.0. The van der Waals surface area contributed by atoms with Gasteiger partial charge in [-0.15, -0.1) is 0 Å². The zero-order valence-corrected chi connectivity index (χ0v) is 13.3. The molecular weight excluding hydrogens is 286 g/mol. The highest BCUT2D eigenvalue weighted by atomic mass is 16.6. The van der Waals surface area contributed by atoms with Gasteiger partial charge in [-0.25, -0.2) is 9.59 Å². The van der Waals surface area contributed by atoms with Gasteiger partial charge in [-0.3, -0.25) is 0 Å². The van der Waals surface area contributed by atoms with Crippen molar-refractivity contribution in [1.29, 1.82) is 0 Å². The summed E-state index contributed by atoms with van der Waals surface area (Å²) in [6.07, 6.45) is -1.48. The standard InChI is InChI=1S/C16H23NO5/c1-11(22-16(2,3)4)13(14(18)19)17-15(20)21-10-12-8-6-5-7-9-12/h5-9,11,13H,10H2,1-4H3,(H,17,20)(H,18,19)/t11-,13?/m1/s1. The second-order valence-corrected chi connectivity index (χ2v) is 5.96. The first-order valence-corrected chi connectivity index (χ1v) is 7.07. The highest BCUT2D eigenvalue weighted by Gasteiger charge is 2.30. The van der Waals surface area contributed by atoms with Gasteiger partial charge in [-0.05, 0) is 33.3 Å². The minimum Gasteiger partial charge on any atom is -0.480 e.